The number of carbonyl (C=O) groups is 1. The number of benzene rings is 1. The predicted molar refractivity (Wildman–Crippen MR) is 67.0 cm³/mol. The largest absolute Gasteiger partial charge is 0.484 e. The van der Waals surface area contributed by atoms with Crippen LogP contribution in [0.25, 0.3) is 0 Å². The molecule has 0 aromatic heterocycles. The number of hydrogen-bond acceptors (Lipinski definition) is 3. The van der Waals surface area contributed by atoms with Crippen molar-refractivity contribution in [2.75, 3.05) is 13.2 Å². The molecule has 1 aliphatic rings. The third kappa shape index (κ3) is 2.80. The fourth-order valence-corrected chi connectivity index (χ4v) is 2.06. The Bertz CT molecular complexity index is 462. The summed E-state index contributed by atoms with van der Waals surface area (Å²) >= 11 is 0. The molecule has 4 heteroatoms. The molecule has 0 N–H and O–H groups in total. The predicted octanol–water partition coefficient (Wildman–Crippen LogP) is 1.89. The molecule has 1 heterocycles. The van der Waals surface area contributed by atoms with E-state index in [1.807, 2.05) is 31.2 Å². The molecule has 2 rings (SSSR count). The molecule has 4 nitrogen and oxygen atoms in total. The lowest BCUT2D eigenvalue weighted by atomic mass is 10.2. The van der Waals surface area contributed by atoms with Crippen LogP contribution in [-0.4, -0.2) is 30.0 Å². The first-order valence-electron chi connectivity index (χ1n) is 6.09. The standard InChI is InChI=1S/C14H16N2O2/c1-11-4-6-13(7-5-11)18-10-14(17)16-8-2-3-12(16)9-15/h4-7,12H,2-3,8,10H2,1H3. The Labute approximate surface area is 107 Å². The molecule has 0 aliphatic carbocycles. The smallest absolute Gasteiger partial charge is 0.261 e. The van der Waals surface area contributed by atoms with E-state index in [0.29, 0.717) is 12.3 Å². The molecule has 1 amide bonds. The molecule has 1 aromatic rings. The third-order valence-electron chi connectivity index (χ3n) is 3.11. The van der Waals surface area contributed by atoms with Gasteiger partial charge in [-0.05, 0) is 31.9 Å². The molecule has 0 saturated carbocycles. The van der Waals surface area contributed by atoms with E-state index in [1.54, 1.807) is 4.90 Å². The number of nitriles is 1. The minimum atomic E-state index is -0.279. The van der Waals surface area contributed by atoms with Crippen molar-refractivity contribution in [1.82, 2.24) is 4.90 Å². The molecule has 18 heavy (non-hydrogen) atoms. The summed E-state index contributed by atoms with van der Waals surface area (Å²) in [7, 11) is 0. The maximum Gasteiger partial charge on any atom is 0.261 e. The number of amides is 1. The highest BCUT2D eigenvalue weighted by Crippen LogP contribution is 2.17. The highest BCUT2D eigenvalue weighted by Gasteiger charge is 2.28. The zero-order chi connectivity index (χ0) is 13.0. The van der Waals surface area contributed by atoms with Gasteiger partial charge in [-0.3, -0.25) is 4.79 Å². The summed E-state index contributed by atoms with van der Waals surface area (Å²) in [5.41, 5.74) is 1.15. The maximum atomic E-state index is 11.9. The van der Waals surface area contributed by atoms with Gasteiger partial charge in [-0.2, -0.15) is 5.26 Å². The highest BCUT2D eigenvalue weighted by molar-refractivity contribution is 5.78. The first-order valence-corrected chi connectivity index (χ1v) is 6.09. The van der Waals surface area contributed by atoms with Crippen LogP contribution in [0.1, 0.15) is 18.4 Å². The lowest BCUT2D eigenvalue weighted by Gasteiger charge is -2.19. The summed E-state index contributed by atoms with van der Waals surface area (Å²) < 4.78 is 5.43. The van der Waals surface area contributed by atoms with Crippen molar-refractivity contribution < 1.29 is 9.53 Å². The summed E-state index contributed by atoms with van der Waals surface area (Å²) in [5.74, 6) is 0.571. The Morgan fingerprint density at radius 3 is 2.89 bits per heavy atom. The molecular formula is C14H16N2O2. The van der Waals surface area contributed by atoms with Crippen LogP contribution in [0.15, 0.2) is 24.3 Å². The summed E-state index contributed by atoms with van der Waals surface area (Å²) in [4.78, 5) is 13.5. The van der Waals surface area contributed by atoms with Crippen molar-refractivity contribution in [3.05, 3.63) is 29.8 Å². The lowest BCUT2D eigenvalue weighted by molar-refractivity contribution is -0.133. The molecular weight excluding hydrogens is 228 g/mol. The lowest BCUT2D eigenvalue weighted by Crippen LogP contribution is -2.37. The molecule has 94 valence electrons. The van der Waals surface area contributed by atoms with E-state index in [-0.39, 0.29) is 18.6 Å². The van der Waals surface area contributed by atoms with E-state index in [0.717, 1.165) is 18.4 Å². The van der Waals surface area contributed by atoms with Crippen LogP contribution >= 0.6 is 0 Å². The average molecular weight is 244 g/mol. The number of ether oxygens (including phenoxy) is 1. The molecule has 1 atom stereocenters. The van der Waals surface area contributed by atoms with Gasteiger partial charge < -0.3 is 9.64 Å². The van der Waals surface area contributed by atoms with E-state index >= 15 is 0 Å². The number of aryl methyl sites for hydroxylation is 1. The van der Waals surface area contributed by atoms with Gasteiger partial charge in [-0.1, -0.05) is 17.7 Å². The molecule has 1 aliphatic heterocycles. The second-order valence-corrected chi connectivity index (χ2v) is 4.48. The molecule has 0 bridgehead atoms. The Morgan fingerprint density at radius 2 is 2.22 bits per heavy atom. The summed E-state index contributed by atoms with van der Waals surface area (Å²) in [6, 6.07) is 9.43. The van der Waals surface area contributed by atoms with Gasteiger partial charge in [0.15, 0.2) is 6.61 Å². The average Bonchev–Trinajstić information content (AvgIpc) is 2.86. The Morgan fingerprint density at radius 1 is 1.50 bits per heavy atom. The third-order valence-corrected chi connectivity index (χ3v) is 3.11. The first kappa shape index (κ1) is 12.4. The second kappa shape index (κ2) is 5.54. The van der Waals surface area contributed by atoms with Gasteiger partial charge >= 0.3 is 0 Å². The molecule has 1 unspecified atom stereocenters. The van der Waals surface area contributed by atoms with Crippen molar-refractivity contribution >= 4 is 5.91 Å². The quantitative estimate of drug-likeness (QED) is 0.815. The van der Waals surface area contributed by atoms with Gasteiger partial charge in [0.25, 0.3) is 5.91 Å². The van der Waals surface area contributed by atoms with Crippen LogP contribution in [0.5, 0.6) is 5.75 Å². The SMILES string of the molecule is Cc1ccc(OCC(=O)N2CCCC2C#N)cc1. The Balaban J connectivity index is 1.88. The van der Waals surface area contributed by atoms with Crippen molar-refractivity contribution in [3.8, 4) is 11.8 Å². The van der Waals surface area contributed by atoms with Gasteiger partial charge in [0.1, 0.15) is 11.8 Å². The van der Waals surface area contributed by atoms with E-state index < -0.39 is 0 Å². The summed E-state index contributed by atoms with van der Waals surface area (Å²) in [6.45, 7) is 2.66. The molecule has 1 aromatic carbocycles. The topological polar surface area (TPSA) is 53.3 Å². The summed E-state index contributed by atoms with van der Waals surface area (Å²) in [5, 5.41) is 8.92. The van der Waals surface area contributed by atoms with Crippen molar-refractivity contribution in [2.24, 2.45) is 0 Å². The fraction of sp³-hybridized carbons (Fsp3) is 0.429. The number of nitrogens with zero attached hydrogens (tertiary/aromatic N) is 2. The van der Waals surface area contributed by atoms with Crippen molar-refractivity contribution in [1.29, 1.82) is 5.26 Å². The monoisotopic (exact) mass is 244 g/mol. The van der Waals surface area contributed by atoms with Gasteiger partial charge in [-0.25, -0.2) is 0 Å². The second-order valence-electron chi connectivity index (χ2n) is 4.48. The minimum Gasteiger partial charge on any atom is -0.484 e. The van der Waals surface area contributed by atoms with Crippen LogP contribution in [0, 0.1) is 18.3 Å². The van der Waals surface area contributed by atoms with Gasteiger partial charge in [0, 0.05) is 6.54 Å². The molecule has 0 radical (unpaired) electrons. The number of rotatable bonds is 3. The van der Waals surface area contributed by atoms with E-state index in [4.69, 9.17) is 10.00 Å². The van der Waals surface area contributed by atoms with Crippen LogP contribution in [-0.2, 0) is 4.79 Å². The Hall–Kier alpha value is -2.02. The zero-order valence-corrected chi connectivity index (χ0v) is 10.4. The molecule has 1 saturated heterocycles. The van der Waals surface area contributed by atoms with E-state index in [9.17, 15) is 4.79 Å². The van der Waals surface area contributed by atoms with Gasteiger partial charge in [-0.15, -0.1) is 0 Å². The van der Waals surface area contributed by atoms with Gasteiger partial charge in [0.2, 0.25) is 0 Å². The zero-order valence-electron chi connectivity index (χ0n) is 10.4. The van der Waals surface area contributed by atoms with Crippen LogP contribution in [0.3, 0.4) is 0 Å². The van der Waals surface area contributed by atoms with Crippen molar-refractivity contribution in [3.63, 3.8) is 0 Å². The van der Waals surface area contributed by atoms with Gasteiger partial charge in [0.05, 0.1) is 6.07 Å². The normalized spacial score (nSPS) is 18.4. The van der Waals surface area contributed by atoms with Crippen molar-refractivity contribution in [2.45, 2.75) is 25.8 Å². The number of carbonyl (C=O) groups excluding carboxylic acids is 1. The summed E-state index contributed by atoms with van der Waals surface area (Å²) in [6.07, 6.45) is 1.67. The molecule has 0 spiro atoms. The van der Waals surface area contributed by atoms with Crippen LogP contribution in [0.2, 0.25) is 0 Å². The van der Waals surface area contributed by atoms with Crippen LogP contribution in [0.4, 0.5) is 0 Å². The number of hydrogen-bond donors (Lipinski definition) is 0. The van der Waals surface area contributed by atoms with Crippen LogP contribution < -0.4 is 4.74 Å². The highest BCUT2D eigenvalue weighted by atomic mass is 16.5. The minimum absolute atomic E-state index is 0.00123. The van der Waals surface area contributed by atoms with E-state index in [2.05, 4.69) is 6.07 Å². The fourth-order valence-electron chi connectivity index (χ4n) is 2.06. The van der Waals surface area contributed by atoms with E-state index in [1.165, 1.54) is 0 Å². The number of likely N-dealkylation sites (tertiary alicyclic amines) is 1. The Kier molecular flexibility index (Phi) is 3.83. The molecule has 1 fully saturated rings. The first-order chi connectivity index (χ1) is 8.70. The maximum absolute atomic E-state index is 11.9.